The Hall–Kier alpha value is -3.11. The summed E-state index contributed by atoms with van der Waals surface area (Å²) in [5, 5.41) is 14.2. The Kier molecular flexibility index (Phi) is 10.0. The van der Waals surface area contributed by atoms with Crippen molar-refractivity contribution < 1.29 is 18.8 Å². The molecule has 0 radical (unpaired) electrons. The number of hydrogen-bond donors (Lipinski definition) is 2. The molecule has 3 atom stereocenters. The van der Waals surface area contributed by atoms with Gasteiger partial charge in [0.1, 0.15) is 17.6 Å². The first-order chi connectivity index (χ1) is 18.4. The van der Waals surface area contributed by atoms with Gasteiger partial charge in [0.15, 0.2) is 0 Å². The number of carbonyl (C=O) groups is 1. The summed E-state index contributed by atoms with van der Waals surface area (Å²) < 4.78 is 21.8. The fourth-order valence-electron chi connectivity index (χ4n) is 4.11. The number of nitrogens with one attached hydrogen (secondary N) is 1. The Morgan fingerprint density at radius 3 is 2.39 bits per heavy atom. The number of carbonyl (C=O) groups excluding carboxylic acids is 1. The molecule has 0 aliphatic carbocycles. The number of thiazole rings is 1. The first-order valence-electron chi connectivity index (χ1n) is 12.6. The lowest BCUT2D eigenvalue weighted by atomic mass is 10.0. The highest BCUT2D eigenvalue weighted by Gasteiger charge is 2.28. The quantitative estimate of drug-likeness (QED) is 0.253. The highest BCUT2D eigenvalue weighted by Crippen LogP contribution is 2.23. The molecular weight excluding hydrogens is 518 g/mol. The van der Waals surface area contributed by atoms with Crippen molar-refractivity contribution in [1.29, 1.82) is 0 Å². The van der Waals surface area contributed by atoms with E-state index in [1.807, 2.05) is 92.7 Å². The molecule has 2 N–H and O–H groups in total. The number of amides is 1. The lowest BCUT2D eigenvalue weighted by Crippen LogP contribution is -2.50. The molecule has 3 aromatic carbocycles. The molecule has 0 aliphatic heterocycles. The van der Waals surface area contributed by atoms with Crippen LogP contribution in [0, 0.1) is 5.92 Å². The van der Waals surface area contributed by atoms with E-state index in [4.69, 9.17) is 4.74 Å². The first kappa shape index (κ1) is 27.9. The van der Waals surface area contributed by atoms with Crippen LogP contribution >= 0.6 is 11.3 Å². The van der Waals surface area contributed by atoms with Gasteiger partial charge in [-0.05, 0) is 41.7 Å². The molecule has 0 saturated heterocycles. The number of aromatic nitrogens is 1. The molecule has 0 aliphatic rings. The van der Waals surface area contributed by atoms with Crippen molar-refractivity contribution >= 4 is 38.6 Å². The van der Waals surface area contributed by atoms with Gasteiger partial charge in [-0.1, -0.05) is 74.5 Å². The SMILES string of the molecule is CC(C)CN(C[C@@H](O)[C@H](Cc1ccccc1)NC(=O)OCc1ccccc1)S(=O)c1ccc2ncsc2c1. The van der Waals surface area contributed by atoms with Crippen molar-refractivity contribution in [3.63, 3.8) is 0 Å². The van der Waals surface area contributed by atoms with Crippen LogP contribution in [-0.2, 0) is 28.8 Å². The molecule has 4 aromatic rings. The maximum Gasteiger partial charge on any atom is 0.407 e. The number of alkyl carbamates (subject to hydrolysis) is 1. The first-order valence-corrected chi connectivity index (χ1v) is 14.6. The van der Waals surface area contributed by atoms with Crippen LogP contribution in [0.4, 0.5) is 4.79 Å². The van der Waals surface area contributed by atoms with Crippen LogP contribution in [0.5, 0.6) is 0 Å². The number of fused-ring (bicyclic) bond motifs is 1. The predicted octanol–water partition coefficient (Wildman–Crippen LogP) is 5.18. The second kappa shape index (κ2) is 13.6. The molecule has 1 unspecified atom stereocenters. The predicted molar refractivity (Wildman–Crippen MR) is 152 cm³/mol. The van der Waals surface area contributed by atoms with Crippen LogP contribution in [0.2, 0.25) is 0 Å². The Morgan fingerprint density at radius 1 is 1.03 bits per heavy atom. The molecule has 9 heteroatoms. The molecule has 200 valence electrons. The second-order valence-electron chi connectivity index (χ2n) is 9.54. The Balaban J connectivity index is 1.49. The summed E-state index contributed by atoms with van der Waals surface area (Å²) in [6.45, 7) is 4.85. The molecule has 0 bridgehead atoms. The minimum absolute atomic E-state index is 0.113. The molecule has 0 spiro atoms. The maximum absolute atomic E-state index is 13.6. The van der Waals surface area contributed by atoms with Gasteiger partial charge in [-0.3, -0.25) is 0 Å². The van der Waals surface area contributed by atoms with E-state index >= 15 is 0 Å². The van der Waals surface area contributed by atoms with E-state index in [1.54, 1.807) is 9.82 Å². The van der Waals surface area contributed by atoms with Crippen LogP contribution in [0.25, 0.3) is 10.2 Å². The summed E-state index contributed by atoms with van der Waals surface area (Å²) in [6, 6.07) is 24.0. The van der Waals surface area contributed by atoms with Gasteiger partial charge in [0.2, 0.25) is 0 Å². The third-order valence-corrected chi connectivity index (χ3v) is 8.19. The molecule has 1 aromatic heterocycles. The minimum atomic E-state index is -1.50. The number of aliphatic hydroxyl groups excluding tert-OH is 1. The summed E-state index contributed by atoms with van der Waals surface area (Å²) >= 11 is 1.50. The van der Waals surface area contributed by atoms with E-state index in [2.05, 4.69) is 10.3 Å². The molecular formula is C29H33N3O4S2. The van der Waals surface area contributed by atoms with Crippen molar-refractivity contribution in [2.24, 2.45) is 5.92 Å². The van der Waals surface area contributed by atoms with Crippen LogP contribution in [0.1, 0.15) is 25.0 Å². The van der Waals surface area contributed by atoms with Gasteiger partial charge in [0, 0.05) is 13.1 Å². The largest absolute Gasteiger partial charge is 0.445 e. The zero-order valence-corrected chi connectivity index (χ0v) is 23.2. The van der Waals surface area contributed by atoms with Gasteiger partial charge >= 0.3 is 6.09 Å². The number of hydrogen-bond acceptors (Lipinski definition) is 6. The maximum atomic E-state index is 13.6. The van der Waals surface area contributed by atoms with Crippen LogP contribution < -0.4 is 5.32 Å². The van der Waals surface area contributed by atoms with E-state index in [1.165, 1.54) is 11.3 Å². The average Bonchev–Trinajstić information content (AvgIpc) is 3.40. The normalized spacial score (nSPS) is 13.9. The van der Waals surface area contributed by atoms with Crippen molar-refractivity contribution in [1.82, 2.24) is 14.6 Å². The number of aliphatic hydroxyl groups is 1. The van der Waals surface area contributed by atoms with E-state index in [0.717, 1.165) is 21.3 Å². The van der Waals surface area contributed by atoms with Gasteiger partial charge in [-0.2, -0.15) is 0 Å². The lowest BCUT2D eigenvalue weighted by molar-refractivity contribution is 0.0883. The molecule has 0 saturated carbocycles. The number of rotatable bonds is 12. The third kappa shape index (κ3) is 7.94. The van der Waals surface area contributed by atoms with Crippen LogP contribution in [0.3, 0.4) is 0 Å². The highest BCUT2D eigenvalue weighted by atomic mass is 32.2. The van der Waals surface area contributed by atoms with Crippen LogP contribution in [-0.4, -0.2) is 49.9 Å². The number of benzene rings is 3. The standard InChI is InChI=1S/C29H33N3O4S2/c1-21(2)17-32(38(35)24-13-14-25-28(16-24)37-20-30-25)18-27(33)26(15-22-9-5-3-6-10-22)31-29(34)36-19-23-11-7-4-8-12-23/h3-14,16,20-21,26-27,33H,15,17-19H2,1-2H3,(H,31,34)/t26-,27+,38?/m0/s1. The summed E-state index contributed by atoms with van der Waals surface area (Å²) in [5.41, 5.74) is 4.47. The number of nitrogens with zero attached hydrogens (tertiary/aromatic N) is 2. The summed E-state index contributed by atoms with van der Waals surface area (Å²) in [7, 11) is -1.50. The molecule has 1 heterocycles. The lowest BCUT2D eigenvalue weighted by Gasteiger charge is -2.30. The van der Waals surface area contributed by atoms with Gasteiger partial charge in [-0.25, -0.2) is 18.3 Å². The minimum Gasteiger partial charge on any atom is -0.445 e. The Morgan fingerprint density at radius 2 is 1.71 bits per heavy atom. The van der Waals surface area contributed by atoms with Crippen molar-refractivity contribution in [2.45, 2.75) is 43.9 Å². The van der Waals surface area contributed by atoms with E-state index in [0.29, 0.717) is 17.9 Å². The van der Waals surface area contributed by atoms with Crippen molar-refractivity contribution in [2.75, 3.05) is 13.1 Å². The third-order valence-electron chi connectivity index (χ3n) is 5.98. The zero-order chi connectivity index (χ0) is 26.9. The van der Waals surface area contributed by atoms with E-state index in [-0.39, 0.29) is 19.1 Å². The topological polar surface area (TPSA) is 91.8 Å². The van der Waals surface area contributed by atoms with Crippen LogP contribution in [0.15, 0.2) is 89.3 Å². The molecule has 38 heavy (non-hydrogen) atoms. The molecule has 1 amide bonds. The molecule has 4 rings (SSSR count). The fraction of sp³-hybridized carbons (Fsp3) is 0.310. The van der Waals surface area contributed by atoms with E-state index in [9.17, 15) is 14.1 Å². The van der Waals surface area contributed by atoms with E-state index < -0.39 is 29.2 Å². The smallest absolute Gasteiger partial charge is 0.407 e. The van der Waals surface area contributed by atoms with Gasteiger partial charge in [0.25, 0.3) is 0 Å². The van der Waals surface area contributed by atoms with Gasteiger partial charge in [-0.15, -0.1) is 11.3 Å². The zero-order valence-electron chi connectivity index (χ0n) is 21.5. The van der Waals surface area contributed by atoms with Crippen molar-refractivity contribution in [3.8, 4) is 0 Å². The van der Waals surface area contributed by atoms with Gasteiger partial charge in [0.05, 0.1) is 32.8 Å². The Labute approximate surface area is 230 Å². The molecule has 7 nitrogen and oxygen atoms in total. The van der Waals surface area contributed by atoms with Crippen molar-refractivity contribution in [3.05, 3.63) is 95.5 Å². The second-order valence-corrected chi connectivity index (χ2v) is 11.9. The molecule has 0 fully saturated rings. The summed E-state index contributed by atoms with van der Waals surface area (Å²) in [5.74, 6) is 0.217. The average molecular weight is 552 g/mol. The monoisotopic (exact) mass is 551 g/mol. The number of ether oxygens (including phenoxy) is 1. The summed E-state index contributed by atoms with van der Waals surface area (Å²) in [6.07, 6.45) is -1.20. The fourth-order valence-corrected chi connectivity index (χ4v) is 6.33. The Bertz CT molecular complexity index is 1330. The highest BCUT2D eigenvalue weighted by molar-refractivity contribution is 7.82. The van der Waals surface area contributed by atoms with Gasteiger partial charge < -0.3 is 15.2 Å². The summed E-state index contributed by atoms with van der Waals surface area (Å²) in [4.78, 5) is 17.7.